The first-order valence-electron chi connectivity index (χ1n) is 8.84. The molecule has 1 heterocycles. The predicted molar refractivity (Wildman–Crippen MR) is 120 cm³/mol. The largest absolute Gasteiger partial charge is 0.459 e. The van der Waals surface area contributed by atoms with Gasteiger partial charge in [0.15, 0.2) is 11.5 Å². The molecular formula is C21H15Br2N3O5. The van der Waals surface area contributed by atoms with E-state index in [1.807, 2.05) is 0 Å². The molecule has 0 unspecified atom stereocenters. The van der Waals surface area contributed by atoms with Gasteiger partial charge in [-0.05, 0) is 52.3 Å². The highest BCUT2D eigenvalue weighted by Crippen LogP contribution is 2.32. The number of hydrazone groups is 1. The molecule has 0 radical (unpaired) electrons. The topological polar surface area (TPSA) is 110 Å². The predicted octanol–water partition coefficient (Wildman–Crippen LogP) is 3.90. The van der Waals surface area contributed by atoms with Gasteiger partial charge < -0.3 is 14.5 Å². The number of ether oxygens (including phenoxy) is 1. The van der Waals surface area contributed by atoms with Crippen molar-refractivity contribution < 1.29 is 23.5 Å². The van der Waals surface area contributed by atoms with Gasteiger partial charge in [-0.3, -0.25) is 9.59 Å². The first kappa shape index (κ1) is 22.4. The molecule has 2 N–H and O–H groups in total. The minimum absolute atomic E-state index is 0.0974. The van der Waals surface area contributed by atoms with Gasteiger partial charge in [0.25, 0.3) is 11.8 Å². The maximum absolute atomic E-state index is 12.4. The molecule has 2 amide bonds. The fourth-order valence-corrected chi connectivity index (χ4v) is 3.72. The molecule has 2 aromatic carbocycles. The van der Waals surface area contributed by atoms with Crippen LogP contribution in [-0.2, 0) is 4.79 Å². The highest BCUT2D eigenvalue weighted by atomic mass is 79.9. The van der Waals surface area contributed by atoms with E-state index in [4.69, 9.17) is 9.15 Å². The molecule has 0 bridgehead atoms. The molecule has 0 atom stereocenters. The molecule has 8 nitrogen and oxygen atoms in total. The Morgan fingerprint density at radius 2 is 1.84 bits per heavy atom. The fraction of sp³-hybridized carbons (Fsp3) is 0.0476. The molecule has 1 aromatic heterocycles. The Labute approximate surface area is 193 Å². The summed E-state index contributed by atoms with van der Waals surface area (Å²) in [5.41, 5.74) is 3.12. The standard InChI is InChI=1S/C21H15Br2N3O5/c22-15-9-14(11-25-26-18(27)12-24-20(28)17-7-4-8-30-17)19(16(23)10-15)31-21(29)13-5-2-1-3-6-13/h1-11H,12H2,(H,24,28)(H,26,27)/b25-11-. The summed E-state index contributed by atoms with van der Waals surface area (Å²) in [5, 5.41) is 6.28. The molecule has 10 heteroatoms. The number of amides is 2. The van der Waals surface area contributed by atoms with Crippen molar-refractivity contribution in [3.05, 3.63) is 86.7 Å². The lowest BCUT2D eigenvalue weighted by Crippen LogP contribution is -2.34. The summed E-state index contributed by atoms with van der Waals surface area (Å²) in [7, 11) is 0. The average Bonchev–Trinajstić information content (AvgIpc) is 3.30. The first-order valence-corrected chi connectivity index (χ1v) is 10.4. The van der Waals surface area contributed by atoms with Gasteiger partial charge in [0.1, 0.15) is 0 Å². The number of nitrogens with zero attached hydrogens (tertiary/aromatic N) is 1. The zero-order valence-electron chi connectivity index (χ0n) is 15.8. The quantitative estimate of drug-likeness (QED) is 0.201. The van der Waals surface area contributed by atoms with Crippen LogP contribution in [0, 0.1) is 0 Å². The number of esters is 1. The van der Waals surface area contributed by atoms with Crippen molar-refractivity contribution in [3.63, 3.8) is 0 Å². The Bertz CT molecular complexity index is 1120. The Morgan fingerprint density at radius 3 is 2.55 bits per heavy atom. The molecule has 31 heavy (non-hydrogen) atoms. The maximum Gasteiger partial charge on any atom is 0.343 e. The van der Waals surface area contributed by atoms with E-state index in [0.29, 0.717) is 20.1 Å². The zero-order chi connectivity index (χ0) is 22.2. The van der Waals surface area contributed by atoms with E-state index in [0.717, 1.165) is 0 Å². The third-order valence-electron chi connectivity index (χ3n) is 3.79. The highest BCUT2D eigenvalue weighted by Gasteiger charge is 2.15. The molecular weight excluding hydrogens is 534 g/mol. The van der Waals surface area contributed by atoms with Crippen LogP contribution in [0.5, 0.6) is 5.75 Å². The Kier molecular flexibility index (Phi) is 7.74. The lowest BCUT2D eigenvalue weighted by atomic mass is 10.2. The van der Waals surface area contributed by atoms with Crippen LogP contribution in [0.1, 0.15) is 26.5 Å². The van der Waals surface area contributed by atoms with Gasteiger partial charge in [-0.2, -0.15) is 5.10 Å². The number of carbonyl (C=O) groups is 3. The molecule has 0 aliphatic heterocycles. The number of hydrogen-bond acceptors (Lipinski definition) is 6. The molecule has 0 spiro atoms. The summed E-state index contributed by atoms with van der Waals surface area (Å²) in [6.07, 6.45) is 2.69. The molecule has 0 aliphatic carbocycles. The van der Waals surface area contributed by atoms with Crippen molar-refractivity contribution in [2.75, 3.05) is 6.54 Å². The number of nitrogens with one attached hydrogen (secondary N) is 2. The van der Waals surface area contributed by atoms with Crippen LogP contribution in [-0.4, -0.2) is 30.5 Å². The van der Waals surface area contributed by atoms with Crippen LogP contribution in [0.4, 0.5) is 0 Å². The summed E-state index contributed by atoms with van der Waals surface area (Å²) >= 11 is 6.73. The van der Waals surface area contributed by atoms with Gasteiger partial charge in [-0.1, -0.05) is 34.1 Å². The summed E-state index contributed by atoms with van der Waals surface area (Å²) in [5.74, 6) is -1.27. The highest BCUT2D eigenvalue weighted by molar-refractivity contribution is 9.11. The van der Waals surface area contributed by atoms with Crippen molar-refractivity contribution in [1.29, 1.82) is 0 Å². The number of rotatable bonds is 7. The van der Waals surface area contributed by atoms with Crippen LogP contribution >= 0.6 is 31.9 Å². The van der Waals surface area contributed by atoms with Crippen molar-refractivity contribution in [2.45, 2.75) is 0 Å². The van der Waals surface area contributed by atoms with Gasteiger partial charge in [-0.25, -0.2) is 10.2 Å². The average molecular weight is 549 g/mol. The molecule has 0 saturated carbocycles. The summed E-state index contributed by atoms with van der Waals surface area (Å²) < 4.78 is 11.7. The summed E-state index contributed by atoms with van der Waals surface area (Å²) in [6, 6.07) is 15.0. The van der Waals surface area contributed by atoms with E-state index in [-0.39, 0.29) is 18.1 Å². The maximum atomic E-state index is 12.4. The Hall–Kier alpha value is -3.24. The first-order chi connectivity index (χ1) is 14.9. The second-order valence-electron chi connectivity index (χ2n) is 6.01. The van der Waals surface area contributed by atoms with Crippen LogP contribution in [0.25, 0.3) is 0 Å². The monoisotopic (exact) mass is 547 g/mol. The van der Waals surface area contributed by atoms with E-state index in [9.17, 15) is 14.4 Å². The molecule has 0 aliphatic rings. The Morgan fingerprint density at radius 1 is 1.06 bits per heavy atom. The van der Waals surface area contributed by atoms with Crippen LogP contribution in [0.15, 0.2) is 79.3 Å². The molecule has 0 fully saturated rings. The van der Waals surface area contributed by atoms with Crippen molar-refractivity contribution >= 4 is 55.9 Å². The van der Waals surface area contributed by atoms with E-state index in [1.54, 1.807) is 48.5 Å². The van der Waals surface area contributed by atoms with E-state index >= 15 is 0 Å². The smallest absolute Gasteiger partial charge is 0.343 e. The van der Waals surface area contributed by atoms with Gasteiger partial charge in [0.2, 0.25) is 0 Å². The normalized spacial score (nSPS) is 10.6. The second-order valence-corrected chi connectivity index (χ2v) is 7.78. The van der Waals surface area contributed by atoms with Gasteiger partial charge in [0, 0.05) is 10.0 Å². The number of carbonyl (C=O) groups excluding carboxylic acids is 3. The van der Waals surface area contributed by atoms with E-state index < -0.39 is 17.8 Å². The van der Waals surface area contributed by atoms with Crippen molar-refractivity contribution in [3.8, 4) is 5.75 Å². The van der Waals surface area contributed by atoms with Crippen molar-refractivity contribution in [2.24, 2.45) is 5.10 Å². The number of halogens is 2. The molecule has 3 aromatic rings. The van der Waals surface area contributed by atoms with Crippen molar-refractivity contribution in [1.82, 2.24) is 10.7 Å². The number of hydrogen-bond donors (Lipinski definition) is 2. The second kappa shape index (κ2) is 10.7. The summed E-state index contributed by atoms with van der Waals surface area (Å²) in [4.78, 5) is 36.1. The minimum Gasteiger partial charge on any atom is -0.459 e. The number of benzene rings is 2. The summed E-state index contributed by atoms with van der Waals surface area (Å²) in [6.45, 7) is -0.297. The third kappa shape index (κ3) is 6.37. The third-order valence-corrected chi connectivity index (χ3v) is 4.84. The van der Waals surface area contributed by atoms with Crippen LogP contribution in [0.2, 0.25) is 0 Å². The van der Waals surface area contributed by atoms with Gasteiger partial charge in [-0.15, -0.1) is 0 Å². The number of furan rings is 1. The van der Waals surface area contributed by atoms with Crippen LogP contribution < -0.4 is 15.5 Å². The minimum atomic E-state index is -0.548. The zero-order valence-corrected chi connectivity index (χ0v) is 19.0. The lowest BCUT2D eigenvalue weighted by molar-refractivity contribution is -0.120. The molecule has 158 valence electrons. The molecule has 3 rings (SSSR count). The molecule has 0 saturated heterocycles. The Balaban J connectivity index is 1.64. The van der Waals surface area contributed by atoms with E-state index in [1.165, 1.54) is 18.5 Å². The fourth-order valence-electron chi connectivity index (χ4n) is 2.38. The lowest BCUT2D eigenvalue weighted by Gasteiger charge is -2.10. The van der Waals surface area contributed by atoms with Crippen LogP contribution in [0.3, 0.4) is 0 Å². The van der Waals surface area contributed by atoms with Gasteiger partial charge in [0.05, 0.1) is 29.1 Å². The SMILES string of the molecule is O=C(CNC(=O)c1ccco1)N/N=C\c1cc(Br)cc(Br)c1OC(=O)c1ccccc1. The van der Waals surface area contributed by atoms with E-state index in [2.05, 4.69) is 47.7 Å². The van der Waals surface area contributed by atoms with Gasteiger partial charge >= 0.3 is 5.97 Å².